The minimum absolute atomic E-state index is 0.0177. The molecule has 2 aliphatic heterocycles. The van der Waals surface area contributed by atoms with Crippen LogP contribution < -0.4 is 0 Å². The molecule has 4 atom stereocenters. The minimum atomic E-state index is -4.75. The SMILES string of the molecule is Cc1cc([C@H](C(=O)N2C[C@H](O)C[C@H]2C2=NOC(c3ccc(Br)cc3)(C(F)(F)F)C2)C(C)C)on1. The Morgan fingerprint density at radius 1 is 1.29 bits per heavy atom. The highest BCUT2D eigenvalue weighted by atomic mass is 79.9. The summed E-state index contributed by atoms with van der Waals surface area (Å²) in [4.78, 5) is 20.1. The molecule has 1 aromatic heterocycles. The number of aliphatic hydroxyl groups is 1. The zero-order valence-electron chi connectivity index (χ0n) is 18.8. The van der Waals surface area contributed by atoms with Gasteiger partial charge < -0.3 is 19.4 Å². The number of oxime groups is 1. The first-order valence-corrected chi connectivity index (χ1v) is 11.7. The Bertz CT molecular complexity index is 1090. The molecule has 1 unspecified atom stereocenters. The lowest BCUT2D eigenvalue weighted by atomic mass is 9.85. The van der Waals surface area contributed by atoms with E-state index in [1.807, 2.05) is 13.8 Å². The molecule has 1 aromatic carbocycles. The number of aromatic nitrogens is 1. The molecule has 34 heavy (non-hydrogen) atoms. The van der Waals surface area contributed by atoms with Crippen molar-refractivity contribution in [3.63, 3.8) is 0 Å². The van der Waals surface area contributed by atoms with Gasteiger partial charge in [-0.2, -0.15) is 13.2 Å². The van der Waals surface area contributed by atoms with E-state index in [-0.39, 0.29) is 36.1 Å². The predicted molar refractivity (Wildman–Crippen MR) is 120 cm³/mol. The summed E-state index contributed by atoms with van der Waals surface area (Å²) in [7, 11) is 0. The number of hydrogen-bond donors (Lipinski definition) is 1. The van der Waals surface area contributed by atoms with Crippen molar-refractivity contribution in [2.45, 2.75) is 63.5 Å². The second-order valence-corrected chi connectivity index (χ2v) is 10.1. The van der Waals surface area contributed by atoms with Crippen molar-refractivity contribution < 1.29 is 32.4 Å². The van der Waals surface area contributed by atoms with Gasteiger partial charge in [-0.3, -0.25) is 4.79 Å². The van der Waals surface area contributed by atoms with E-state index < -0.39 is 36.3 Å². The van der Waals surface area contributed by atoms with Crippen LogP contribution in [-0.4, -0.2) is 51.6 Å². The van der Waals surface area contributed by atoms with E-state index in [2.05, 4.69) is 26.2 Å². The lowest BCUT2D eigenvalue weighted by Crippen LogP contribution is -2.47. The highest BCUT2D eigenvalue weighted by Gasteiger charge is 2.63. The molecule has 0 bridgehead atoms. The number of halogens is 4. The quantitative estimate of drug-likeness (QED) is 0.591. The standard InChI is InChI=1S/C23H25BrF3N3O4/c1-12(2)20(19-8-13(3)28-33-19)21(32)30-11-16(31)9-18(30)17-10-22(34-29-17,23(25,26)27)14-4-6-15(24)7-5-14/h4-8,12,16,18,20,31H,9-11H2,1-3H3/t16-,18+,20-,22?/m1/s1. The third kappa shape index (κ3) is 4.35. The average Bonchev–Trinajstić information content (AvgIpc) is 3.46. The van der Waals surface area contributed by atoms with Crippen LogP contribution in [0, 0.1) is 12.8 Å². The largest absolute Gasteiger partial charge is 0.435 e. The Morgan fingerprint density at radius 3 is 2.53 bits per heavy atom. The number of aliphatic hydroxyl groups excluding tert-OH is 1. The van der Waals surface area contributed by atoms with Gasteiger partial charge in [0.05, 0.1) is 23.6 Å². The van der Waals surface area contributed by atoms with E-state index in [0.29, 0.717) is 15.9 Å². The van der Waals surface area contributed by atoms with E-state index in [1.165, 1.54) is 29.2 Å². The molecule has 184 valence electrons. The van der Waals surface area contributed by atoms with Crippen LogP contribution in [0.15, 0.2) is 44.5 Å². The summed E-state index contributed by atoms with van der Waals surface area (Å²) in [5, 5.41) is 18.0. The highest BCUT2D eigenvalue weighted by Crippen LogP contribution is 2.49. The Morgan fingerprint density at radius 2 is 1.97 bits per heavy atom. The van der Waals surface area contributed by atoms with Crippen LogP contribution >= 0.6 is 15.9 Å². The summed E-state index contributed by atoms with van der Waals surface area (Å²) in [6.07, 6.45) is -6.15. The Balaban J connectivity index is 1.64. The molecular formula is C23H25BrF3N3O4. The number of rotatable bonds is 5. The number of amides is 1. The Hall–Kier alpha value is -2.40. The van der Waals surface area contributed by atoms with Crippen LogP contribution in [0.2, 0.25) is 0 Å². The van der Waals surface area contributed by atoms with Gasteiger partial charge in [0.15, 0.2) is 0 Å². The van der Waals surface area contributed by atoms with Crippen LogP contribution in [-0.2, 0) is 15.2 Å². The molecule has 0 saturated carbocycles. The summed E-state index contributed by atoms with van der Waals surface area (Å²) >= 11 is 3.23. The van der Waals surface area contributed by atoms with Gasteiger partial charge in [0.1, 0.15) is 11.7 Å². The second-order valence-electron chi connectivity index (χ2n) is 9.17. The number of benzene rings is 1. The monoisotopic (exact) mass is 543 g/mol. The van der Waals surface area contributed by atoms with Gasteiger partial charge in [-0.15, -0.1) is 0 Å². The van der Waals surface area contributed by atoms with Crippen LogP contribution in [0.3, 0.4) is 0 Å². The molecule has 0 radical (unpaired) electrons. The summed E-state index contributed by atoms with van der Waals surface area (Å²) in [5.74, 6) is -0.849. The van der Waals surface area contributed by atoms with E-state index in [9.17, 15) is 23.1 Å². The lowest BCUT2D eigenvalue weighted by molar-refractivity contribution is -0.275. The smallest absolute Gasteiger partial charge is 0.391 e. The number of β-amino-alcohol motifs (C(OH)–C–C–N with tert-alkyl or cyclic N) is 1. The first kappa shape index (κ1) is 24.7. The molecule has 4 rings (SSSR count). The number of aryl methyl sites for hydroxylation is 1. The molecule has 0 aliphatic carbocycles. The highest BCUT2D eigenvalue weighted by molar-refractivity contribution is 9.10. The van der Waals surface area contributed by atoms with Crippen molar-refractivity contribution in [1.29, 1.82) is 0 Å². The number of carbonyl (C=O) groups excluding carboxylic acids is 1. The van der Waals surface area contributed by atoms with Crippen molar-refractivity contribution in [2.75, 3.05) is 6.54 Å². The Labute approximate surface area is 203 Å². The van der Waals surface area contributed by atoms with Crippen molar-refractivity contribution in [3.05, 3.63) is 51.8 Å². The molecule has 11 heteroatoms. The van der Waals surface area contributed by atoms with E-state index >= 15 is 0 Å². The second kappa shape index (κ2) is 8.99. The van der Waals surface area contributed by atoms with E-state index in [0.717, 1.165) is 0 Å². The zero-order chi connectivity index (χ0) is 24.8. The van der Waals surface area contributed by atoms with Gasteiger partial charge >= 0.3 is 6.18 Å². The van der Waals surface area contributed by atoms with E-state index in [4.69, 9.17) is 9.36 Å². The van der Waals surface area contributed by atoms with Crippen molar-refractivity contribution >= 4 is 27.5 Å². The third-order valence-corrected chi connectivity index (χ3v) is 6.88. The number of carbonyl (C=O) groups is 1. The molecule has 2 aromatic rings. The number of alkyl halides is 3. The van der Waals surface area contributed by atoms with Crippen molar-refractivity contribution in [3.8, 4) is 0 Å². The van der Waals surface area contributed by atoms with E-state index in [1.54, 1.807) is 13.0 Å². The molecule has 1 N–H and O–H groups in total. The zero-order valence-corrected chi connectivity index (χ0v) is 20.4. The summed E-state index contributed by atoms with van der Waals surface area (Å²) in [5.41, 5.74) is -2.06. The van der Waals surface area contributed by atoms with Crippen LogP contribution in [0.5, 0.6) is 0 Å². The topological polar surface area (TPSA) is 88.2 Å². The average molecular weight is 544 g/mol. The number of hydrogen-bond acceptors (Lipinski definition) is 6. The molecule has 1 amide bonds. The first-order valence-electron chi connectivity index (χ1n) is 10.9. The fraction of sp³-hybridized carbons (Fsp3) is 0.522. The molecule has 1 fully saturated rings. The van der Waals surface area contributed by atoms with Crippen molar-refractivity contribution in [2.24, 2.45) is 11.1 Å². The fourth-order valence-electron chi connectivity index (χ4n) is 4.64. The molecule has 7 nitrogen and oxygen atoms in total. The van der Waals surface area contributed by atoms with Gasteiger partial charge in [-0.1, -0.05) is 52.2 Å². The molecule has 2 aliphatic rings. The maximum atomic E-state index is 14.3. The van der Waals surface area contributed by atoms with Crippen LogP contribution in [0.1, 0.15) is 49.6 Å². The molecule has 1 saturated heterocycles. The van der Waals surface area contributed by atoms with Gasteiger partial charge in [-0.05, 0) is 25.0 Å². The van der Waals surface area contributed by atoms with Crippen LogP contribution in [0.25, 0.3) is 0 Å². The van der Waals surface area contributed by atoms with Crippen molar-refractivity contribution in [1.82, 2.24) is 10.1 Å². The number of likely N-dealkylation sites (tertiary alicyclic amines) is 1. The minimum Gasteiger partial charge on any atom is -0.391 e. The third-order valence-electron chi connectivity index (χ3n) is 6.35. The maximum absolute atomic E-state index is 14.3. The molecule has 0 spiro atoms. The van der Waals surface area contributed by atoms with Gasteiger partial charge in [0.25, 0.3) is 5.60 Å². The number of nitrogens with zero attached hydrogens (tertiary/aromatic N) is 3. The summed E-state index contributed by atoms with van der Waals surface area (Å²) in [6.45, 7) is 5.41. The van der Waals surface area contributed by atoms with Crippen LogP contribution in [0.4, 0.5) is 13.2 Å². The molecule has 3 heterocycles. The normalized spacial score (nSPS) is 26.0. The van der Waals surface area contributed by atoms with Gasteiger partial charge in [0, 0.05) is 35.5 Å². The lowest BCUT2D eigenvalue weighted by Gasteiger charge is -2.31. The van der Waals surface area contributed by atoms with Gasteiger partial charge in [-0.25, -0.2) is 0 Å². The fourth-order valence-corrected chi connectivity index (χ4v) is 4.91. The maximum Gasteiger partial charge on any atom is 0.435 e. The Kier molecular flexibility index (Phi) is 6.54. The summed E-state index contributed by atoms with van der Waals surface area (Å²) in [6, 6.07) is 6.53. The molecular weight excluding hydrogens is 519 g/mol. The first-order chi connectivity index (χ1) is 15.9. The predicted octanol–water partition coefficient (Wildman–Crippen LogP) is 4.68. The van der Waals surface area contributed by atoms with Gasteiger partial charge in [0.2, 0.25) is 5.91 Å². The summed E-state index contributed by atoms with van der Waals surface area (Å²) < 4.78 is 48.8.